The number of ether oxygens (including phenoxy) is 2. The van der Waals surface area contributed by atoms with Crippen LogP contribution in [-0.2, 0) is 21.3 Å². The Labute approximate surface area is 249 Å². The standard InChI is InChI=1S/C34H37F6NO2/c1-7-10-25-11-16-30(41-21-25)29-15-14-28(20-24(29)5)31(8-2,9-3)27-13-12-26(23(4)19-27)17-18-32(33(35,36)37,34(38,39)40)43-22-42-6/h11-16,19-21H,7-10,22H2,1-6H3. The average molecular weight is 606 g/mol. The topological polar surface area (TPSA) is 31.4 Å². The van der Waals surface area contributed by atoms with Crippen LogP contribution in [0.2, 0.25) is 0 Å². The molecule has 0 amide bonds. The Morgan fingerprint density at radius 3 is 1.86 bits per heavy atom. The van der Waals surface area contributed by atoms with Gasteiger partial charge in [0.15, 0.2) is 0 Å². The van der Waals surface area contributed by atoms with E-state index < -0.39 is 30.2 Å². The van der Waals surface area contributed by atoms with Crippen LogP contribution in [0.15, 0.2) is 54.7 Å². The monoisotopic (exact) mass is 605 g/mol. The van der Waals surface area contributed by atoms with Gasteiger partial charge in [0.1, 0.15) is 6.79 Å². The second-order valence-corrected chi connectivity index (χ2v) is 10.6. The Kier molecular flexibility index (Phi) is 10.7. The molecule has 0 saturated heterocycles. The molecule has 0 saturated carbocycles. The van der Waals surface area contributed by atoms with Gasteiger partial charge in [-0.05, 0) is 79.0 Å². The first-order valence-corrected chi connectivity index (χ1v) is 14.2. The number of hydrogen-bond donors (Lipinski definition) is 0. The number of aromatic nitrogens is 1. The van der Waals surface area contributed by atoms with E-state index in [2.05, 4.69) is 59.3 Å². The number of alkyl halides is 6. The van der Waals surface area contributed by atoms with Crippen molar-refractivity contribution in [2.24, 2.45) is 0 Å². The molecule has 3 nitrogen and oxygen atoms in total. The predicted octanol–water partition coefficient (Wildman–Crippen LogP) is 9.26. The Morgan fingerprint density at radius 1 is 0.791 bits per heavy atom. The van der Waals surface area contributed by atoms with Crippen LogP contribution in [0.5, 0.6) is 0 Å². The lowest BCUT2D eigenvalue weighted by Crippen LogP contribution is -2.58. The maximum Gasteiger partial charge on any atom is 0.438 e. The average Bonchev–Trinajstić information content (AvgIpc) is 2.94. The largest absolute Gasteiger partial charge is 0.438 e. The van der Waals surface area contributed by atoms with Crippen molar-refractivity contribution in [3.63, 3.8) is 0 Å². The molecule has 0 atom stereocenters. The van der Waals surface area contributed by atoms with Gasteiger partial charge < -0.3 is 9.47 Å². The second-order valence-electron chi connectivity index (χ2n) is 10.6. The molecule has 2 aromatic carbocycles. The highest BCUT2D eigenvalue weighted by molar-refractivity contribution is 5.65. The van der Waals surface area contributed by atoms with E-state index >= 15 is 0 Å². The second kappa shape index (κ2) is 13.5. The first kappa shape index (κ1) is 34.1. The van der Waals surface area contributed by atoms with Crippen molar-refractivity contribution in [3.05, 3.63) is 88.1 Å². The zero-order chi connectivity index (χ0) is 32.1. The van der Waals surface area contributed by atoms with Gasteiger partial charge in [0.05, 0.1) is 5.69 Å². The molecule has 9 heteroatoms. The summed E-state index contributed by atoms with van der Waals surface area (Å²) in [4.78, 5) is 4.65. The van der Waals surface area contributed by atoms with Crippen LogP contribution in [0, 0.1) is 25.7 Å². The summed E-state index contributed by atoms with van der Waals surface area (Å²) in [5, 5.41) is 0. The van der Waals surface area contributed by atoms with E-state index in [1.807, 2.05) is 25.3 Å². The van der Waals surface area contributed by atoms with Crippen molar-refractivity contribution >= 4 is 0 Å². The molecule has 232 valence electrons. The summed E-state index contributed by atoms with van der Waals surface area (Å²) in [6.45, 7) is 8.64. The third-order valence-electron chi connectivity index (χ3n) is 7.97. The van der Waals surface area contributed by atoms with Crippen molar-refractivity contribution in [1.29, 1.82) is 0 Å². The van der Waals surface area contributed by atoms with E-state index in [4.69, 9.17) is 0 Å². The SMILES string of the molecule is CCCc1ccc(-c2ccc(C(CC)(CC)c3ccc(C#CC(OCOC)(C(F)(F)F)C(F)(F)F)c(C)c3)cc2C)nc1. The molecule has 3 rings (SSSR count). The molecule has 3 aromatic rings. The molecule has 0 radical (unpaired) electrons. The minimum absolute atomic E-state index is 0.0351. The summed E-state index contributed by atoms with van der Waals surface area (Å²) in [7, 11) is 0.929. The Hall–Kier alpha value is -3.35. The smallest absolute Gasteiger partial charge is 0.359 e. The van der Waals surface area contributed by atoms with Crippen LogP contribution >= 0.6 is 0 Å². The molecule has 0 bridgehead atoms. The van der Waals surface area contributed by atoms with Gasteiger partial charge in [-0.2, -0.15) is 26.3 Å². The van der Waals surface area contributed by atoms with Crippen molar-refractivity contribution in [2.75, 3.05) is 13.9 Å². The number of benzene rings is 2. The van der Waals surface area contributed by atoms with Gasteiger partial charge in [0.25, 0.3) is 0 Å². The Bertz CT molecular complexity index is 1430. The molecule has 0 aliphatic heterocycles. The van der Waals surface area contributed by atoms with Crippen LogP contribution in [0.4, 0.5) is 26.3 Å². The molecule has 0 fully saturated rings. The minimum Gasteiger partial charge on any atom is -0.359 e. The third kappa shape index (κ3) is 6.91. The van der Waals surface area contributed by atoms with Gasteiger partial charge in [0, 0.05) is 29.8 Å². The van der Waals surface area contributed by atoms with Gasteiger partial charge >= 0.3 is 18.0 Å². The van der Waals surface area contributed by atoms with E-state index in [0.717, 1.165) is 47.9 Å². The number of methoxy groups -OCH3 is 1. The van der Waals surface area contributed by atoms with Crippen LogP contribution < -0.4 is 0 Å². The molecular weight excluding hydrogens is 568 g/mol. The maximum atomic E-state index is 13.7. The summed E-state index contributed by atoms with van der Waals surface area (Å²) in [5.41, 5.74) is 1.43. The molecule has 0 N–H and O–H groups in total. The van der Waals surface area contributed by atoms with Crippen LogP contribution in [0.25, 0.3) is 11.3 Å². The molecule has 1 aromatic heterocycles. The molecular formula is C34H37F6NO2. The Morgan fingerprint density at radius 2 is 1.40 bits per heavy atom. The first-order chi connectivity index (χ1) is 20.2. The van der Waals surface area contributed by atoms with Crippen molar-refractivity contribution in [1.82, 2.24) is 4.98 Å². The van der Waals surface area contributed by atoms with E-state index in [-0.39, 0.29) is 5.56 Å². The van der Waals surface area contributed by atoms with Gasteiger partial charge in [-0.25, -0.2) is 0 Å². The van der Waals surface area contributed by atoms with Crippen LogP contribution in [0.3, 0.4) is 0 Å². The number of halogens is 6. The maximum absolute atomic E-state index is 13.7. The summed E-state index contributed by atoms with van der Waals surface area (Å²) in [6, 6.07) is 15.3. The molecule has 0 aliphatic carbocycles. The fourth-order valence-electron chi connectivity index (χ4n) is 5.41. The summed E-state index contributed by atoms with van der Waals surface area (Å²) in [5.74, 6) is 3.45. The van der Waals surface area contributed by atoms with Gasteiger partial charge in [-0.1, -0.05) is 69.5 Å². The van der Waals surface area contributed by atoms with Crippen LogP contribution in [0.1, 0.15) is 73.4 Å². The Balaban J connectivity index is 2.04. The number of pyridine rings is 1. The number of rotatable bonds is 10. The number of nitrogens with zero attached hydrogens (tertiary/aromatic N) is 1. The molecule has 0 unspecified atom stereocenters. The molecule has 0 aliphatic rings. The van der Waals surface area contributed by atoms with Crippen molar-refractivity contribution in [2.45, 2.75) is 83.7 Å². The minimum atomic E-state index is -5.85. The number of hydrogen-bond acceptors (Lipinski definition) is 3. The highest BCUT2D eigenvalue weighted by atomic mass is 19.4. The predicted molar refractivity (Wildman–Crippen MR) is 156 cm³/mol. The zero-order valence-corrected chi connectivity index (χ0v) is 25.3. The lowest BCUT2D eigenvalue weighted by molar-refractivity contribution is -0.368. The zero-order valence-electron chi connectivity index (χ0n) is 25.3. The fraction of sp³-hybridized carbons (Fsp3) is 0.441. The number of aryl methyl sites for hydroxylation is 3. The first-order valence-electron chi connectivity index (χ1n) is 14.2. The lowest BCUT2D eigenvalue weighted by atomic mass is 9.69. The van der Waals surface area contributed by atoms with Crippen LogP contribution in [-0.4, -0.2) is 36.8 Å². The lowest BCUT2D eigenvalue weighted by Gasteiger charge is -2.34. The van der Waals surface area contributed by atoms with E-state index in [1.165, 1.54) is 17.6 Å². The highest BCUT2D eigenvalue weighted by Gasteiger charge is 2.72. The molecule has 0 spiro atoms. The molecule has 43 heavy (non-hydrogen) atoms. The normalized spacial score (nSPS) is 12.7. The van der Waals surface area contributed by atoms with E-state index in [9.17, 15) is 26.3 Å². The quantitative estimate of drug-likeness (QED) is 0.131. The summed E-state index contributed by atoms with van der Waals surface area (Å²) in [6.07, 6.45) is -6.35. The third-order valence-corrected chi connectivity index (χ3v) is 7.97. The fourth-order valence-corrected chi connectivity index (χ4v) is 5.41. The van der Waals surface area contributed by atoms with Crippen molar-refractivity contribution < 1.29 is 35.8 Å². The van der Waals surface area contributed by atoms with E-state index in [1.54, 1.807) is 19.1 Å². The van der Waals surface area contributed by atoms with Gasteiger partial charge in [0.2, 0.25) is 0 Å². The summed E-state index contributed by atoms with van der Waals surface area (Å²) < 4.78 is 90.8. The van der Waals surface area contributed by atoms with Gasteiger partial charge in [-0.15, -0.1) is 0 Å². The highest BCUT2D eigenvalue weighted by Crippen LogP contribution is 2.46. The molecule has 1 heterocycles. The summed E-state index contributed by atoms with van der Waals surface area (Å²) >= 11 is 0. The van der Waals surface area contributed by atoms with Crippen molar-refractivity contribution in [3.8, 4) is 23.1 Å². The van der Waals surface area contributed by atoms with E-state index in [0.29, 0.717) is 18.4 Å². The van der Waals surface area contributed by atoms with Gasteiger partial charge in [-0.3, -0.25) is 4.98 Å².